The minimum Gasteiger partial charge on any atom is -0.338 e. The van der Waals surface area contributed by atoms with Gasteiger partial charge in [-0.15, -0.1) is 0 Å². The molecule has 2 saturated heterocycles. The van der Waals surface area contributed by atoms with Gasteiger partial charge in [-0.2, -0.15) is 0 Å². The first-order valence-electron chi connectivity index (χ1n) is 8.32. The lowest BCUT2D eigenvalue weighted by atomic mass is 10.1. The lowest BCUT2D eigenvalue weighted by Gasteiger charge is -2.39. The molecule has 0 saturated carbocycles. The van der Waals surface area contributed by atoms with Gasteiger partial charge < -0.3 is 4.90 Å². The predicted molar refractivity (Wildman–Crippen MR) is 89.7 cm³/mol. The number of nitrogens with zero attached hydrogens (tertiary/aromatic N) is 2. The summed E-state index contributed by atoms with van der Waals surface area (Å²) in [6.45, 7) is 3.88. The molecule has 2 fully saturated rings. The van der Waals surface area contributed by atoms with E-state index in [4.69, 9.17) is 0 Å². The highest BCUT2D eigenvalue weighted by Crippen LogP contribution is 2.28. The van der Waals surface area contributed by atoms with Crippen LogP contribution in [0.1, 0.15) is 25.3 Å². The van der Waals surface area contributed by atoms with E-state index < -0.39 is 15.1 Å². The Kier molecular flexibility index (Phi) is 4.92. The number of amides is 1. The third-order valence-electron chi connectivity index (χ3n) is 5.10. The van der Waals surface area contributed by atoms with Crippen molar-refractivity contribution in [1.82, 2.24) is 9.80 Å². The summed E-state index contributed by atoms with van der Waals surface area (Å²) >= 11 is 0. The zero-order valence-electron chi connectivity index (χ0n) is 13.8. The first kappa shape index (κ1) is 17.4. The molecule has 0 radical (unpaired) electrons. The Morgan fingerprint density at radius 2 is 1.83 bits per heavy atom. The van der Waals surface area contributed by atoms with Crippen LogP contribution in [0.15, 0.2) is 24.3 Å². The Morgan fingerprint density at radius 1 is 1.17 bits per heavy atom. The summed E-state index contributed by atoms with van der Waals surface area (Å²) in [6.07, 6.45) is 1.20. The molecular formula is C17H23FN2O3S. The van der Waals surface area contributed by atoms with E-state index in [0.29, 0.717) is 32.5 Å². The molecule has 0 aromatic heterocycles. The van der Waals surface area contributed by atoms with Crippen molar-refractivity contribution in [2.24, 2.45) is 0 Å². The van der Waals surface area contributed by atoms with E-state index in [0.717, 1.165) is 12.1 Å². The van der Waals surface area contributed by atoms with Crippen LogP contribution in [0, 0.1) is 5.82 Å². The largest absolute Gasteiger partial charge is 0.338 e. The van der Waals surface area contributed by atoms with Crippen LogP contribution in [-0.4, -0.2) is 60.8 Å². The van der Waals surface area contributed by atoms with Gasteiger partial charge in [0.25, 0.3) is 0 Å². The van der Waals surface area contributed by atoms with Crippen molar-refractivity contribution in [2.75, 3.05) is 25.4 Å². The van der Waals surface area contributed by atoms with Gasteiger partial charge >= 0.3 is 0 Å². The van der Waals surface area contributed by atoms with Gasteiger partial charge in [0.15, 0.2) is 9.84 Å². The number of benzene rings is 1. The van der Waals surface area contributed by atoms with Gasteiger partial charge in [-0.1, -0.05) is 12.1 Å². The third kappa shape index (κ3) is 3.62. The molecule has 0 N–H and O–H groups in total. The Hall–Kier alpha value is -1.47. The zero-order chi connectivity index (χ0) is 17.3. The normalized spacial score (nSPS) is 27.3. The fourth-order valence-corrected chi connectivity index (χ4v) is 5.81. The van der Waals surface area contributed by atoms with Crippen molar-refractivity contribution in [3.05, 3.63) is 35.6 Å². The molecule has 5 nitrogen and oxygen atoms in total. The predicted octanol–water partition coefficient (Wildman–Crippen LogP) is 1.44. The van der Waals surface area contributed by atoms with Crippen molar-refractivity contribution in [3.63, 3.8) is 0 Å². The Morgan fingerprint density at radius 3 is 2.50 bits per heavy atom. The maximum absolute atomic E-state index is 13.0. The molecule has 7 heteroatoms. The first-order chi connectivity index (χ1) is 11.4. The Balaban J connectivity index is 1.74. The highest BCUT2D eigenvalue weighted by atomic mass is 32.2. The van der Waals surface area contributed by atoms with Crippen LogP contribution in [-0.2, 0) is 21.2 Å². The van der Waals surface area contributed by atoms with Crippen LogP contribution in [0.5, 0.6) is 0 Å². The summed E-state index contributed by atoms with van der Waals surface area (Å²) in [5.74, 6) is -0.248. The van der Waals surface area contributed by atoms with Crippen LogP contribution < -0.4 is 0 Å². The van der Waals surface area contributed by atoms with Crippen molar-refractivity contribution < 1.29 is 17.6 Å². The first-order valence-corrected chi connectivity index (χ1v) is 10.0. The van der Waals surface area contributed by atoms with Gasteiger partial charge in [0, 0.05) is 32.6 Å². The van der Waals surface area contributed by atoms with Crippen molar-refractivity contribution in [3.8, 4) is 0 Å². The number of halogens is 1. The van der Waals surface area contributed by atoms with Crippen LogP contribution in [0.2, 0.25) is 0 Å². The second-order valence-corrected chi connectivity index (χ2v) is 9.00. The highest BCUT2D eigenvalue weighted by molar-refractivity contribution is 7.92. The van der Waals surface area contributed by atoms with Crippen molar-refractivity contribution in [2.45, 2.75) is 37.6 Å². The standard InChI is InChI=1S/C17H23FN2O3S/c1-13(21)20-10-11-24(22,23)17-7-9-19(8-6-16(17)20)12-14-2-4-15(18)5-3-14/h2-5,16-17H,6-12H2,1H3/t16-,17+/m0/s1. The number of sulfone groups is 1. The third-order valence-corrected chi connectivity index (χ3v) is 7.33. The molecule has 24 heavy (non-hydrogen) atoms. The number of carbonyl (C=O) groups is 1. The fraction of sp³-hybridized carbons (Fsp3) is 0.588. The number of hydrogen-bond acceptors (Lipinski definition) is 4. The topological polar surface area (TPSA) is 57.7 Å². The lowest BCUT2D eigenvalue weighted by Crippen LogP contribution is -2.56. The summed E-state index contributed by atoms with van der Waals surface area (Å²) in [5.41, 5.74) is 1.01. The summed E-state index contributed by atoms with van der Waals surface area (Å²) in [6, 6.07) is 6.17. The Bertz CT molecular complexity index is 705. The average molecular weight is 354 g/mol. The van der Waals surface area contributed by atoms with E-state index in [2.05, 4.69) is 4.90 Å². The smallest absolute Gasteiger partial charge is 0.219 e. The molecule has 0 aliphatic carbocycles. The molecule has 0 bridgehead atoms. The quantitative estimate of drug-likeness (QED) is 0.806. The minimum atomic E-state index is -3.15. The van der Waals surface area contributed by atoms with Gasteiger partial charge in [-0.3, -0.25) is 9.69 Å². The number of hydrogen-bond donors (Lipinski definition) is 0. The fourth-order valence-electron chi connectivity index (χ4n) is 3.83. The van der Waals surface area contributed by atoms with Crippen molar-refractivity contribution in [1.29, 1.82) is 0 Å². The summed E-state index contributed by atoms with van der Waals surface area (Å²) in [7, 11) is -3.15. The van der Waals surface area contributed by atoms with E-state index in [-0.39, 0.29) is 23.5 Å². The van der Waals surface area contributed by atoms with E-state index in [9.17, 15) is 17.6 Å². The van der Waals surface area contributed by atoms with E-state index >= 15 is 0 Å². The molecule has 1 aromatic carbocycles. The zero-order valence-corrected chi connectivity index (χ0v) is 14.6. The monoisotopic (exact) mass is 354 g/mol. The molecule has 1 aromatic rings. The van der Waals surface area contributed by atoms with Crippen LogP contribution in [0.25, 0.3) is 0 Å². The second-order valence-electron chi connectivity index (χ2n) is 6.67. The van der Waals surface area contributed by atoms with Gasteiger partial charge in [0.1, 0.15) is 5.82 Å². The minimum absolute atomic E-state index is 0.0492. The van der Waals surface area contributed by atoms with Gasteiger partial charge in [0.2, 0.25) is 5.91 Å². The number of carbonyl (C=O) groups excluding carboxylic acids is 1. The average Bonchev–Trinajstić information content (AvgIpc) is 2.73. The van der Waals surface area contributed by atoms with Gasteiger partial charge in [-0.25, -0.2) is 12.8 Å². The van der Waals surface area contributed by atoms with E-state index in [1.807, 2.05) is 0 Å². The van der Waals surface area contributed by atoms with E-state index in [1.54, 1.807) is 17.0 Å². The molecule has 2 aliphatic heterocycles. The molecular weight excluding hydrogens is 331 g/mol. The second kappa shape index (κ2) is 6.80. The molecule has 0 unspecified atom stereocenters. The maximum Gasteiger partial charge on any atom is 0.219 e. The number of likely N-dealkylation sites (tertiary alicyclic amines) is 1. The number of fused-ring (bicyclic) bond motifs is 1. The molecule has 1 amide bonds. The molecule has 0 spiro atoms. The molecule has 3 rings (SSSR count). The van der Waals surface area contributed by atoms with Gasteiger partial charge in [0.05, 0.1) is 11.0 Å². The van der Waals surface area contributed by atoms with Crippen molar-refractivity contribution >= 4 is 15.7 Å². The molecule has 2 aliphatic rings. The highest BCUT2D eigenvalue weighted by Gasteiger charge is 2.43. The van der Waals surface area contributed by atoms with Crippen LogP contribution >= 0.6 is 0 Å². The maximum atomic E-state index is 13.0. The van der Waals surface area contributed by atoms with Crippen LogP contribution in [0.3, 0.4) is 0 Å². The molecule has 2 atom stereocenters. The number of rotatable bonds is 2. The lowest BCUT2D eigenvalue weighted by molar-refractivity contribution is -0.131. The van der Waals surface area contributed by atoms with Crippen LogP contribution in [0.4, 0.5) is 4.39 Å². The summed E-state index contributed by atoms with van der Waals surface area (Å²) in [4.78, 5) is 15.8. The molecule has 132 valence electrons. The molecule has 2 heterocycles. The SMILES string of the molecule is CC(=O)N1CCS(=O)(=O)[C@@H]2CCN(Cc3ccc(F)cc3)CC[C@@H]21. The Labute approximate surface area is 142 Å². The summed E-state index contributed by atoms with van der Waals surface area (Å²) in [5, 5.41) is -0.464. The summed E-state index contributed by atoms with van der Waals surface area (Å²) < 4.78 is 37.9. The van der Waals surface area contributed by atoms with Gasteiger partial charge in [-0.05, 0) is 37.1 Å². The van der Waals surface area contributed by atoms with E-state index in [1.165, 1.54) is 19.1 Å².